The standard InChI is InChI=1S/C14H22O2P/c1-12(2)8-6-7-11-14(16-17-15)13-9-4-3-5-10-13/h3-5,9-10,12,14,17H,6-8,11H2,1-2H3/q+1. The van der Waals surface area contributed by atoms with Gasteiger partial charge in [0.25, 0.3) is 0 Å². The lowest BCUT2D eigenvalue weighted by atomic mass is 10.0. The average molecular weight is 253 g/mol. The van der Waals surface area contributed by atoms with Gasteiger partial charge in [0.2, 0.25) is 0 Å². The van der Waals surface area contributed by atoms with Gasteiger partial charge in [-0.05, 0) is 22.5 Å². The molecule has 0 bridgehead atoms. The third-order valence-electron chi connectivity index (χ3n) is 2.86. The van der Waals surface area contributed by atoms with Crippen LogP contribution in [0.25, 0.3) is 0 Å². The first kappa shape index (κ1) is 14.3. The number of hydrogen-bond donors (Lipinski definition) is 0. The van der Waals surface area contributed by atoms with Crippen molar-refractivity contribution >= 4 is 8.69 Å². The van der Waals surface area contributed by atoms with Gasteiger partial charge in [0.15, 0.2) is 0 Å². The van der Waals surface area contributed by atoms with Crippen LogP contribution in [0.5, 0.6) is 0 Å². The first-order valence-corrected chi connectivity index (χ1v) is 7.13. The van der Waals surface area contributed by atoms with Gasteiger partial charge in [-0.2, -0.15) is 0 Å². The molecule has 0 aliphatic rings. The van der Waals surface area contributed by atoms with E-state index in [0.29, 0.717) is 0 Å². The Bertz CT molecular complexity index is 311. The minimum absolute atomic E-state index is 0.0146. The van der Waals surface area contributed by atoms with Crippen LogP contribution in [-0.2, 0) is 9.09 Å². The molecule has 0 radical (unpaired) electrons. The summed E-state index contributed by atoms with van der Waals surface area (Å²) < 4.78 is 16.0. The fourth-order valence-corrected chi connectivity index (χ4v) is 2.27. The van der Waals surface area contributed by atoms with Crippen molar-refractivity contribution in [1.82, 2.24) is 0 Å². The van der Waals surface area contributed by atoms with Crippen molar-refractivity contribution in [1.29, 1.82) is 0 Å². The summed E-state index contributed by atoms with van der Waals surface area (Å²) in [6.45, 7) is 4.48. The lowest BCUT2D eigenvalue weighted by Gasteiger charge is -2.11. The number of unbranched alkanes of at least 4 members (excludes halogenated alkanes) is 1. The van der Waals surface area contributed by atoms with E-state index in [9.17, 15) is 4.57 Å². The zero-order chi connectivity index (χ0) is 12.5. The molecule has 0 heterocycles. The van der Waals surface area contributed by atoms with Gasteiger partial charge in [-0.3, -0.25) is 0 Å². The van der Waals surface area contributed by atoms with E-state index in [1.807, 2.05) is 30.3 Å². The van der Waals surface area contributed by atoms with E-state index in [0.717, 1.165) is 24.3 Å². The smallest absolute Gasteiger partial charge is 0.140 e. The first-order chi connectivity index (χ1) is 8.24. The third-order valence-corrected chi connectivity index (χ3v) is 3.24. The molecule has 1 aromatic carbocycles. The van der Waals surface area contributed by atoms with Crippen molar-refractivity contribution in [2.75, 3.05) is 0 Å². The molecular weight excluding hydrogens is 231 g/mol. The van der Waals surface area contributed by atoms with E-state index in [4.69, 9.17) is 4.52 Å². The average Bonchev–Trinajstić information content (AvgIpc) is 2.34. The zero-order valence-corrected chi connectivity index (χ0v) is 11.7. The molecule has 0 spiro atoms. The van der Waals surface area contributed by atoms with Crippen LogP contribution >= 0.6 is 8.69 Å². The number of benzene rings is 1. The molecule has 0 saturated carbocycles. The second kappa shape index (κ2) is 8.38. The fourth-order valence-electron chi connectivity index (χ4n) is 1.90. The Kier molecular flexibility index (Phi) is 7.07. The Labute approximate surface area is 106 Å². The second-order valence-electron chi connectivity index (χ2n) is 4.78. The molecule has 1 aromatic rings. The van der Waals surface area contributed by atoms with Gasteiger partial charge in [0.1, 0.15) is 6.10 Å². The molecule has 1 rings (SSSR count). The summed E-state index contributed by atoms with van der Waals surface area (Å²) in [6, 6.07) is 10.0. The molecule has 94 valence electrons. The molecule has 0 saturated heterocycles. The van der Waals surface area contributed by atoms with E-state index < -0.39 is 8.69 Å². The van der Waals surface area contributed by atoms with Crippen molar-refractivity contribution in [2.45, 2.75) is 45.6 Å². The van der Waals surface area contributed by atoms with E-state index in [1.165, 1.54) is 12.8 Å². The molecule has 0 fully saturated rings. The predicted octanol–water partition coefficient (Wildman–Crippen LogP) is 4.90. The summed E-state index contributed by atoms with van der Waals surface area (Å²) in [5, 5.41) is 0. The monoisotopic (exact) mass is 253 g/mol. The van der Waals surface area contributed by atoms with Crippen LogP contribution in [0.2, 0.25) is 0 Å². The normalized spacial score (nSPS) is 13.1. The quantitative estimate of drug-likeness (QED) is 0.486. The van der Waals surface area contributed by atoms with Gasteiger partial charge in [0.05, 0.1) is 0 Å². The van der Waals surface area contributed by atoms with Gasteiger partial charge in [-0.15, -0.1) is 4.52 Å². The second-order valence-corrected chi connectivity index (χ2v) is 5.18. The molecule has 2 unspecified atom stereocenters. The third kappa shape index (κ3) is 5.95. The minimum atomic E-state index is -0.679. The molecular formula is C14H22O2P+. The maximum absolute atomic E-state index is 10.7. The lowest BCUT2D eigenvalue weighted by Crippen LogP contribution is -1.99. The predicted molar refractivity (Wildman–Crippen MR) is 72.6 cm³/mol. The lowest BCUT2D eigenvalue weighted by molar-refractivity contribution is 0.211. The van der Waals surface area contributed by atoms with Crippen LogP contribution in [0.3, 0.4) is 0 Å². The zero-order valence-electron chi connectivity index (χ0n) is 10.7. The Morgan fingerprint density at radius 1 is 1.12 bits per heavy atom. The Morgan fingerprint density at radius 3 is 2.35 bits per heavy atom. The van der Waals surface area contributed by atoms with Crippen LogP contribution in [-0.4, -0.2) is 0 Å². The Hall–Kier alpha value is -0.720. The van der Waals surface area contributed by atoms with Gasteiger partial charge in [-0.25, -0.2) is 0 Å². The Morgan fingerprint density at radius 2 is 1.76 bits per heavy atom. The van der Waals surface area contributed by atoms with Crippen molar-refractivity contribution in [3.63, 3.8) is 0 Å². The number of rotatable bonds is 8. The summed E-state index contributed by atoms with van der Waals surface area (Å²) in [4.78, 5) is 0. The molecule has 0 amide bonds. The van der Waals surface area contributed by atoms with Crippen molar-refractivity contribution in [2.24, 2.45) is 5.92 Å². The molecule has 0 aromatic heterocycles. The van der Waals surface area contributed by atoms with Crippen molar-refractivity contribution in [3.8, 4) is 0 Å². The maximum Gasteiger partial charge on any atom is 0.494 e. The van der Waals surface area contributed by atoms with Crippen molar-refractivity contribution in [3.05, 3.63) is 35.9 Å². The highest BCUT2D eigenvalue weighted by atomic mass is 31.1. The minimum Gasteiger partial charge on any atom is -0.140 e. The van der Waals surface area contributed by atoms with Gasteiger partial charge >= 0.3 is 8.69 Å². The molecule has 0 N–H and O–H groups in total. The highest BCUT2D eigenvalue weighted by Gasteiger charge is 2.15. The van der Waals surface area contributed by atoms with E-state index in [1.54, 1.807) is 0 Å². The highest BCUT2D eigenvalue weighted by molar-refractivity contribution is 7.17. The van der Waals surface area contributed by atoms with Crippen LogP contribution in [0.1, 0.15) is 51.2 Å². The maximum atomic E-state index is 10.7. The SMILES string of the molecule is CC(C)CCCCC(O[PH+]=O)c1ccccc1. The van der Waals surface area contributed by atoms with Crippen LogP contribution in [0.4, 0.5) is 0 Å². The van der Waals surface area contributed by atoms with E-state index in [-0.39, 0.29) is 6.10 Å². The molecule has 0 aliphatic carbocycles. The summed E-state index contributed by atoms with van der Waals surface area (Å²) in [7, 11) is -0.679. The van der Waals surface area contributed by atoms with Crippen LogP contribution < -0.4 is 0 Å². The summed E-state index contributed by atoms with van der Waals surface area (Å²) in [6.07, 6.45) is 4.53. The summed E-state index contributed by atoms with van der Waals surface area (Å²) >= 11 is 0. The van der Waals surface area contributed by atoms with Crippen molar-refractivity contribution < 1.29 is 9.09 Å². The topological polar surface area (TPSA) is 26.3 Å². The van der Waals surface area contributed by atoms with Crippen LogP contribution in [0, 0.1) is 5.92 Å². The molecule has 0 aliphatic heterocycles. The van der Waals surface area contributed by atoms with E-state index >= 15 is 0 Å². The molecule has 2 atom stereocenters. The Balaban J connectivity index is 2.41. The first-order valence-electron chi connectivity index (χ1n) is 6.31. The molecule has 3 heteroatoms. The summed E-state index contributed by atoms with van der Waals surface area (Å²) in [5.41, 5.74) is 1.13. The van der Waals surface area contributed by atoms with Gasteiger partial charge in [0, 0.05) is 0 Å². The highest BCUT2D eigenvalue weighted by Crippen LogP contribution is 2.27. The largest absolute Gasteiger partial charge is 0.494 e. The van der Waals surface area contributed by atoms with Gasteiger partial charge < -0.3 is 0 Å². The fraction of sp³-hybridized carbons (Fsp3) is 0.571. The number of hydrogen-bond acceptors (Lipinski definition) is 2. The molecule has 2 nitrogen and oxygen atoms in total. The van der Waals surface area contributed by atoms with Crippen LogP contribution in [0.15, 0.2) is 30.3 Å². The van der Waals surface area contributed by atoms with Gasteiger partial charge in [-0.1, -0.05) is 63.4 Å². The molecule has 17 heavy (non-hydrogen) atoms. The summed E-state index contributed by atoms with van der Waals surface area (Å²) in [5.74, 6) is 0.757. The van der Waals surface area contributed by atoms with E-state index in [2.05, 4.69) is 13.8 Å².